The molecule has 2 aliphatic heterocycles. The van der Waals surface area contributed by atoms with Crippen LogP contribution < -0.4 is 0 Å². The van der Waals surface area contributed by atoms with Gasteiger partial charge in [-0.3, -0.25) is 9.69 Å². The topological polar surface area (TPSA) is 32.8 Å². The Morgan fingerprint density at radius 3 is 3.00 bits per heavy atom. The largest absolute Gasteiger partial charge is 0.379 e. The molecule has 4 nitrogen and oxygen atoms in total. The molecule has 3 rings (SSSR count). The van der Waals surface area contributed by atoms with Gasteiger partial charge >= 0.3 is 0 Å². The Morgan fingerprint density at radius 1 is 1.42 bits per heavy atom. The van der Waals surface area contributed by atoms with Crippen molar-refractivity contribution < 1.29 is 9.53 Å². The molecule has 6 heteroatoms. The summed E-state index contributed by atoms with van der Waals surface area (Å²) < 4.78 is 5.67. The molecule has 0 aliphatic carbocycles. The summed E-state index contributed by atoms with van der Waals surface area (Å²) in [6, 6.07) is 2.07. The molecular weight excluding hydrogens is 284 g/mol. The van der Waals surface area contributed by atoms with Crippen molar-refractivity contribution in [3.05, 3.63) is 21.3 Å². The van der Waals surface area contributed by atoms with Crippen molar-refractivity contribution in [2.24, 2.45) is 5.92 Å². The van der Waals surface area contributed by atoms with Gasteiger partial charge in [0.2, 0.25) is 0 Å². The highest BCUT2D eigenvalue weighted by atomic mass is 35.5. The van der Waals surface area contributed by atoms with Crippen LogP contribution in [-0.4, -0.2) is 61.6 Å². The quantitative estimate of drug-likeness (QED) is 0.793. The van der Waals surface area contributed by atoms with Gasteiger partial charge in [-0.2, -0.15) is 0 Å². The molecule has 0 aromatic carbocycles. The standard InChI is InChI=1S/C13H17ClN2O2S/c1-15-4-9-5-16(6-10(15)8-18-7-9)13(17)12-11(14)2-3-19-12/h2-3,9-10H,4-8H2,1H3/t9-,10+/m1/s1. The van der Waals surface area contributed by atoms with Gasteiger partial charge in [-0.15, -0.1) is 11.3 Å². The summed E-state index contributed by atoms with van der Waals surface area (Å²) in [4.78, 5) is 17.5. The molecule has 19 heavy (non-hydrogen) atoms. The maximum absolute atomic E-state index is 12.6. The summed E-state index contributed by atoms with van der Waals surface area (Å²) in [5, 5.41) is 2.43. The third-order valence-electron chi connectivity index (χ3n) is 3.84. The van der Waals surface area contributed by atoms with Crippen molar-refractivity contribution >= 4 is 28.8 Å². The van der Waals surface area contributed by atoms with Crippen LogP contribution in [-0.2, 0) is 4.74 Å². The number of thiophene rings is 1. The smallest absolute Gasteiger partial charge is 0.265 e. The zero-order valence-electron chi connectivity index (χ0n) is 10.8. The zero-order chi connectivity index (χ0) is 13.4. The molecule has 1 aromatic heterocycles. The molecular formula is C13H17ClN2O2S. The third kappa shape index (κ3) is 2.65. The van der Waals surface area contributed by atoms with E-state index in [1.165, 1.54) is 11.3 Å². The van der Waals surface area contributed by atoms with Crippen molar-refractivity contribution in [2.45, 2.75) is 6.04 Å². The number of rotatable bonds is 1. The molecule has 1 amide bonds. The van der Waals surface area contributed by atoms with Gasteiger partial charge in [-0.25, -0.2) is 0 Å². The van der Waals surface area contributed by atoms with Crippen LogP contribution in [0.15, 0.2) is 11.4 Å². The molecule has 2 saturated heterocycles. The summed E-state index contributed by atoms with van der Waals surface area (Å²) >= 11 is 7.49. The van der Waals surface area contributed by atoms with Crippen LogP contribution in [0.4, 0.5) is 0 Å². The average molecular weight is 301 g/mol. The summed E-state index contributed by atoms with van der Waals surface area (Å²) in [5.74, 6) is 0.451. The van der Waals surface area contributed by atoms with E-state index in [2.05, 4.69) is 11.9 Å². The summed E-state index contributed by atoms with van der Waals surface area (Å²) in [6.45, 7) is 3.92. The fraction of sp³-hybridized carbons (Fsp3) is 0.615. The molecule has 0 saturated carbocycles. The lowest BCUT2D eigenvalue weighted by Gasteiger charge is -2.29. The third-order valence-corrected chi connectivity index (χ3v) is 5.17. The Hall–Kier alpha value is -0.620. The lowest BCUT2D eigenvalue weighted by atomic mass is 10.1. The highest BCUT2D eigenvalue weighted by Gasteiger charge is 2.34. The van der Waals surface area contributed by atoms with Crippen LogP contribution in [0.25, 0.3) is 0 Å². The highest BCUT2D eigenvalue weighted by molar-refractivity contribution is 7.12. The molecule has 2 bridgehead atoms. The molecule has 0 radical (unpaired) electrons. The molecule has 3 heterocycles. The van der Waals surface area contributed by atoms with E-state index in [-0.39, 0.29) is 11.9 Å². The van der Waals surface area contributed by atoms with Crippen LogP contribution in [0.2, 0.25) is 5.02 Å². The number of likely N-dealkylation sites (N-methyl/N-ethyl adjacent to an activating group) is 1. The molecule has 1 aromatic rings. The normalized spacial score (nSPS) is 28.2. The SMILES string of the molecule is CN1C[C@H]2COC[C@@H]1CN(C(=O)c1sccc1Cl)C2. The molecule has 0 N–H and O–H groups in total. The Bertz CT molecular complexity index is 479. The van der Waals surface area contributed by atoms with Crippen LogP contribution in [0, 0.1) is 5.92 Å². The van der Waals surface area contributed by atoms with E-state index in [1.54, 1.807) is 6.07 Å². The Morgan fingerprint density at radius 2 is 2.26 bits per heavy atom. The molecule has 2 fully saturated rings. The van der Waals surface area contributed by atoms with Crippen molar-refractivity contribution in [3.63, 3.8) is 0 Å². The van der Waals surface area contributed by atoms with E-state index >= 15 is 0 Å². The van der Waals surface area contributed by atoms with E-state index < -0.39 is 0 Å². The Labute approximate surface area is 121 Å². The van der Waals surface area contributed by atoms with Gasteiger partial charge in [-0.05, 0) is 18.5 Å². The first-order valence-corrected chi connectivity index (χ1v) is 7.71. The number of hydrogen-bond donors (Lipinski definition) is 0. The molecule has 2 aliphatic rings. The number of carbonyl (C=O) groups excluding carboxylic acids is 1. The number of nitrogens with zero attached hydrogens (tertiary/aromatic N) is 2. The van der Waals surface area contributed by atoms with Gasteiger partial charge < -0.3 is 9.64 Å². The average Bonchev–Trinajstić information content (AvgIpc) is 2.61. The van der Waals surface area contributed by atoms with Gasteiger partial charge in [0, 0.05) is 25.6 Å². The molecule has 0 unspecified atom stereocenters. The zero-order valence-corrected chi connectivity index (χ0v) is 12.4. The second-order valence-corrected chi connectivity index (χ2v) is 6.63. The van der Waals surface area contributed by atoms with Crippen LogP contribution in [0.5, 0.6) is 0 Å². The van der Waals surface area contributed by atoms with Crippen molar-refractivity contribution in [3.8, 4) is 0 Å². The fourth-order valence-electron chi connectivity index (χ4n) is 2.81. The lowest BCUT2D eigenvalue weighted by Crippen LogP contribution is -2.44. The van der Waals surface area contributed by atoms with Gasteiger partial charge in [0.1, 0.15) is 4.88 Å². The van der Waals surface area contributed by atoms with Crippen molar-refractivity contribution in [2.75, 3.05) is 39.9 Å². The Kier molecular flexibility index (Phi) is 3.80. The highest BCUT2D eigenvalue weighted by Crippen LogP contribution is 2.26. The second-order valence-electron chi connectivity index (χ2n) is 5.30. The minimum atomic E-state index is 0.0622. The maximum atomic E-state index is 12.6. The fourth-order valence-corrected chi connectivity index (χ4v) is 3.91. The van der Waals surface area contributed by atoms with E-state index in [0.29, 0.717) is 22.4 Å². The van der Waals surface area contributed by atoms with Crippen LogP contribution >= 0.6 is 22.9 Å². The van der Waals surface area contributed by atoms with E-state index in [4.69, 9.17) is 16.3 Å². The van der Waals surface area contributed by atoms with Gasteiger partial charge in [0.15, 0.2) is 0 Å². The molecule has 2 atom stereocenters. The molecule has 104 valence electrons. The first-order chi connectivity index (χ1) is 9.15. The first-order valence-electron chi connectivity index (χ1n) is 6.45. The number of halogens is 1. The maximum Gasteiger partial charge on any atom is 0.265 e. The van der Waals surface area contributed by atoms with Gasteiger partial charge in [-0.1, -0.05) is 11.6 Å². The van der Waals surface area contributed by atoms with Gasteiger partial charge in [0.05, 0.1) is 24.3 Å². The van der Waals surface area contributed by atoms with E-state index in [1.807, 2.05) is 10.3 Å². The predicted molar refractivity (Wildman–Crippen MR) is 76.0 cm³/mol. The lowest BCUT2D eigenvalue weighted by molar-refractivity contribution is 0.0437. The predicted octanol–water partition coefficient (Wildman–Crippen LogP) is 1.80. The van der Waals surface area contributed by atoms with E-state index in [9.17, 15) is 4.79 Å². The minimum Gasteiger partial charge on any atom is -0.379 e. The van der Waals surface area contributed by atoms with Crippen molar-refractivity contribution in [1.82, 2.24) is 9.80 Å². The van der Waals surface area contributed by atoms with Crippen molar-refractivity contribution in [1.29, 1.82) is 0 Å². The van der Waals surface area contributed by atoms with Crippen LogP contribution in [0.1, 0.15) is 9.67 Å². The second kappa shape index (κ2) is 5.40. The summed E-state index contributed by atoms with van der Waals surface area (Å²) in [7, 11) is 2.11. The van der Waals surface area contributed by atoms with Gasteiger partial charge in [0.25, 0.3) is 5.91 Å². The number of fused-ring (bicyclic) bond motifs is 3. The monoisotopic (exact) mass is 300 g/mol. The first kappa shape index (κ1) is 13.4. The van der Waals surface area contributed by atoms with Crippen LogP contribution in [0.3, 0.4) is 0 Å². The molecule has 0 spiro atoms. The summed E-state index contributed by atoms with van der Waals surface area (Å²) in [5.41, 5.74) is 0. The Balaban J connectivity index is 1.82. The minimum absolute atomic E-state index is 0.0622. The number of amides is 1. The number of carbonyl (C=O) groups is 1. The number of ether oxygens (including phenoxy) is 1. The number of hydrogen-bond acceptors (Lipinski definition) is 4. The summed E-state index contributed by atoms with van der Waals surface area (Å²) in [6.07, 6.45) is 0. The van der Waals surface area contributed by atoms with E-state index in [0.717, 1.165) is 26.2 Å².